The van der Waals surface area contributed by atoms with Crippen molar-refractivity contribution in [3.8, 4) is 0 Å². The molecule has 188 valence electrons. The van der Waals surface area contributed by atoms with Gasteiger partial charge in [0.1, 0.15) is 5.82 Å². The third-order valence-electron chi connectivity index (χ3n) is 6.39. The summed E-state index contributed by atoms with van der Waals surface area (Å²) in [5.74, 6) is -2.14. The Bertz CT molecular complexity index is 1060. The van der Waals surface area contributed by atoms with Crippen molar-refractivity contribution in [2.75, 3.05) is 32.7 Å². The van der Waals surface area contributed by atoms with Gasteiger partial charge in [-0.3, -0.25) is 4.90 Å². The summed E-state index contributed by atoms with van der Waals surface area (Å²) in [5, 5.41) is 15.6. The number of aliphatic carboxylic acids is 2. The third kappa shape index (κ3) is 7.40. The molecule has 0 radical (unpaired) electrons. The monoisotopic (exact) mass is 500 g/mol. The molecule has 1 atom stereocenters. The van der Waals surface area contributed by atoms with Gasteiger partial charge in [-0.05, 0) is 53.8 Å². The number of fused-ring (bicyclic) bond motifs is 2. The van der Waals surface area contributed by atoms with Crippen LogP contribution in [0.3, 0.4) is 0 Å². The molecule has 2 aromatic carbocycles. The Balaban J connectivity index is 0.000000371. The maximum absolute atomic E-state index is 13.9. The lowest BCUT2D eigenvalue weighted by Crippen LogP contribution is -2.47. The maximum atomic E-state index is 13.9. The molecule has 35 heavy (non-hydrogen) atoms. The highest BCUT2D eigenvalue weighted by Crippen LogP contribution is 2.44. The van der Waals surface area contributed by atoms with Crippen molar-refractivity contribution in [2.24, 2.45) is 0 Å². The van der Waals surface area contributed by atoms with Crippen molar-refractivity contribution in [3.63, 3.8) is 0 Å². The number of nitrogens with zero attached hydrogens (tertiary/aromatic N) is 2. The number of carboxylic acids is 2. The highest BCUT2D eigenvalue weighted by Gasteiger charge is 2.30. The summed E-state index contributed by atoms with van der Waals surface area (Å²) in [6, 6.07) is 12.6. The van der Waals surface area contributed by atoms with Crippen LogP contribution in [0.4, 0.5) is 4.39 Å². The highest BCUT2D eigenvalue weighted by atomic mass is 32.2. The van der Waals surface area contributed by atoms with Gasteiger partial charge in [0, 0.05) is 54.2 Å². The van der Waals surface area contributed by atoms with Gasteiger partial charge in [-0.15, -0.1) is 0 Å². The van der Waals surface area contributed by atoms with E-state index < -0.39 is 11.9 Å². The van der Waals surface area contributed by atoms with Gasteiger partial charge in [0.05, 0.1) is 0 Å². The van der Waals surface area contributed by atoms with E-state index in [9.17, 15) is 14.0 Å². The second-order valence-electron chi connectivity index (χ2n) is 9.01. The van der Waals surface area contributed by atoms with E-state index in [4.69, 9.17) is 10.2 Å². The lowest BCUT2D eigenvalue weighted by atomic mass is 9.93. The Morgan fingerprint density at radius 2 is 1.69 bits per heavy atom. The molecule has 0 saturated carbocycles. The first-order valence-electron chi connectivity index (χ1n) is 11.9. The van der Waals surface area contributed by atoms with Gasteiger partial charge >= 0.3 is 11.9 Å². The van der Waals surface area contributed by atoms with E-state index in [1.165, 1.54) is 21.6 Å². The summed E-state index contributed by atoms with van der Waals surface area (Å²) in [5.41, 5.74) is 4.09. The molecule has 1 unspecified atom stereocenters. The van der Waals surface area contributed by atoms with Crippen LogP contribution in [-0.4, -0.2) is 64.7 Å². The number of likely N-dealkylation sites (N-methyl/N-ethyl adjacent to an activating group) is 1. The molecule has 1 fully saturated rings. The summed E-state index contributed by atoms with van der Waals surface area (Å²) in [6.45, 7) is 12.4. The van der Waals surface area contributed by atoms with Gasteiger partial charge in [0.25, 0.3) is 0 Å². The molecule has 0 amide bonds. The summed E-state index contributed by atoms with van der Waals surface area (Å²) in [6.07, 6.45) is 2.08. The number of benzene rings is 2. The maximum Gasteiger partial charge on any atom is 0.328 e. The van der Waals surface area contributed by atoms with Crippen LogP contribution in [0.2, 0.25) is 0 Å². The Morgan fingerprint density at radius 1 is 1.03 bits per heavy atom. The van der Waals surface area contributed by atoms with Gasteiger partial charge < -0.3 is 15.1 Å². The molecule has 2 aromatic rings. The number of rotatable bonds is 5. The zero-order chi connectivity index (χ0) is 25.5. The molecule has 8 heteroatoms. The zero-order valence-electron chi connectivity index (χ0n) is 20.4. The van der Waals surface area contributed by atoms with Crippen LogP contribution in [-0.2, 0) is 16.0 Å². The fourth-order valence-corrected chi connectivity index (χ4v) is 5.51. The average molecular weight is 501 g/mol. The minimum atomic E-state index is -1.26. The number of halogens is 1. The zero-order valence-corrected chi connectivity index (χ0v) is 21.2. The molecule has 6 nitrogen and oxygen atoms in total. The Morgan fingerprint density at radius 3 is 2.26 bits per heavy atom. The van der Waals surface area contributed by atoms with Crippen LogP contribution in [0.15, 0.2) is 58.3 Å². The average Bonchev–Trinajstić information content (AvgIpc) is 2.99. The molecule has 2 aliphatic rings. The van der Waals surface area contributed by atoms with Crippen molar-refractivity contribution >= 4 is 23.7 Å². The van der Waals surface area contributed by atoms with E-state index >= 15 is 0 Å². The minimum Gasteiger partial charge on any atom is -0.478 e. The first kappa shape index (κ1) is 26.9. The fourth-order valence-electron chi connectivity index (χ4n) is 4.37. The predicted octanol–water partition coefficient (Wildman–Crippen LogP) is 5.05. The molecule has 0 aromatic heterocycles. The number of carbonyl (C=O) groups is 2. The van der Waals surface area contributed by atoms with Crippen LogP contribution >= 0.6 is 11.8 Å². The van der Waals surface area contributed by atoms with Crippen molar-refractivity contribution in [2.45, 2.75) is 48.9 Å². The predicted molar refractivity (Wildman–Crippen MR) is 136 cm³/mol. The number of piperazine rings is 1. The van der Waals surface area contributed by atoms with Crippen molar-refractivity contribution in [1.82, 2.24) is 9.80 Å². The largest absolute Gasteiger partial charge is 0.478 e. The Kier molecular flexibility index (Phi) is 9.48. The van der Waals surface area contributed by atoms with Gasteiger partial charge in [0.15, 0.2) is 0 Å². The molecule has 0 bridgehead atoms. The number of hydrogen-bond donors (Lipinski definition) is 2. The van der Waals surface area contributed by atoms with E-state index in [2.05, 4.69) is 48.8 Å². The first-order chi connectivity index (χ1) is 16.7. The molecule has 2 aliphatic heterocycles. The summed E-state index contributed by atoms with van der Waals surface area (Å²) >= 11 is 1.73. The summed E-state index contributed by atoms with van der Waals surface area (Å²) in [4.78, 5) is 26.6. The fraction of sp³-hybridized carbons (Fsp3) is 0.407. The summed E-state index contributed by atoms with van der Waals surface area (Å²) in [7, 11) is 0. The van der Waals surface area contributed by atoms with E-state index in [-0.39, 0.29) is 5.82 Å². The van der Waals surface area contributed by atoms with Crippen molar-refractivity contribution in [1.29, 1.82) is 0 Å². The quantitative estimate of drug-likeness (QED) is 0.556. The van der Waals surface area contributed by atoms with Gasteiger partial charge in [0.2, 0.25) is 0 Å². The van der Waals surface area contributed by atoms with Crippen molar-refractivity contribution in [3.05, 3.63) is 71.1 Å². The third-order valence-corrected chi connectivity index (χ3v) is 7.58. The van der Waals surface area contributed by atoms with E-state index in [1.807, 2.05) is 6.07 Å². The van der Waals surface area contributed by atoms with E-state index in [1.54, 1.807) is 23.9 Å². The minimum absolute atomic E-state index is 0.142. The number of hydrogen-bond acceptors (Lipinski definition) is 5. The van der Waals surface area contributed by atoms with Crippen molar-refractivity contribution < 1.29 is 24.2 Å². The molecular weight excluding hydrogens is 467 g/mol. The van der Waals surface area contributed by atoms with Gasteiger partial charge in [-0.2, -0.15) is 0 Å². The van der Waals surface area contributed by atoms with Crippen LogP contribution in [0, 0.1) is 5.82 Å². The molecule has 0 spiro atoms. The molecule has 4 rings (SSSR count). The molecule has 0 aliphatic carbocycles. The van der Waals surface area contributed by atoms with Crippen LogP contribution in [0.5, 0.6) is 0 Å². The SMILES string of the molecule is CCN1CCN(C2Cc3ccc(F)cc3Sc3ccc(C(C)C)cc32)CC1.O=C(O)C=CC(=O)O. The smallest absolute Gasteiger partial charge is 0.328 e. The Labute approximate surface area is 210 Å². The topological polar surface area (TPSA) is 81.1 Å². The lowest BCUT2D eigenvalue weighted by Gasteiger charge is -2.39. The van der Waals surface area contributed by atoms with Crippen LogP contribution in [0.1, 0.15) is 49.4 Å². The van der Waals surface area contributed by atoms with Gasteiger partial charge in [-0.25, -0.2) is 14.0 Å². The highest BCUT2D eigenvalue weighted by molar-refractivity contribution is 7.99. The van der Waals surface area contributed by atoms with Crippen LogP contribution in [0.25, 0.3) is 0 Å². The lowest BCUT2D eigenvalue weighted by molar-refractivity contribution is -0.134. The van der Waals surface area contributed by atoms with E-state index in [0.29, 0.717) is 24.1 Å². The second-order valence-corrected chi connectivity index (χ2v) is 10.1. The number of carboxylic acid groups (broad SMARTS) is 2. The molecule has 2 N–H and O–H groups in total. The summed E-state index contributed by atoms with van der Waals surface area (Å²) < 4.78 is 13.9. The first-order valence-corrected chi connectivity index (χ1v) is 12.7. The molecular formula is C27H33FN2O4S. The Hall–Kier alpha value is -2.68. The molecule has 2 heterocycles. The van der Waals surface area contributed by atoms with E-state index in [0.717, 1.165) is 44.0 Å². The van der Waals surface area contributed by atoms with Crippen LogP contribution < -0.4 is 0 Å². The second kappa shape index (κ2) is 12.3. The normalized spacial score (nSPS) is 18.4. The molecule has 1 saturated heterocycles. The van der Waals surface area contributed by atoms with Gasteiger partial charge in [-0.1, -0.05) is 50.7 Å². The standard InChI is InChI=1S/C23H29FN2S.C4H4O4/c1-4-25-9-11-26(12-10-25)21-14-18-5-7-19(24)15-23(18)27-22-8-6-17(16(2)3)13-20(21)22;5-3(6)1-2-4(7)8/h5-8,13,15-16,21H,4,9-12,14H2,1-3H3;1-2H,(H,5,6)(H,7,8).